The summed E-state index contributed by atoms with van der Waals surface area (Å²) in [6.45, 7) is 1.78. The third-order valence-corrected chi connectivity index (χ3v) is 2.42. The number of hydrogen-bond acceptors (Lipinski definition) is 5. The standard InChI is InChI=1S/C9H8FN3OS/c1-5-2-8(6(10)3-7(5)11)14-9-13-12-4-15-9/h2-4H,11H2,1H3. The van der Waals surface area contributed by atoms with Crippen LogP contribution in [0.15, 0.2) is 17.6 Å². The van der Waals surface area contributed by atoms with E-state index in [2.05, 4.69) is 10.2 Å². The lowest BCUT2D eigenvalue weighted by Crippen LogP contribution is -1.94. The SMILES string of the molecule is Cc1cc(Oc2nncs2)c(F)cc1N. The summed E-state index contributed by atoms with van der Waals surface area (Å²) in [5.74, 6) is -0.397. The van der Waals surface area contributed by atoms with Crippen LogP contribution in [0.2, 0.25) is 0 Å². The van der Waals surface area contributed by atoms with Gasteiger partial charge in [-0.15, -0.1) is 5.10 Å². The first kappa shape index (κ1) is 9.85. The molecule has 0 bridgehead atoms. The van der Waals surface area contributed by atoms with E-state index in [-0.39, 0.29) is 5.75 Å². The molecule has 0 aliphatic carbocycles. The molecule has 1 aromatic heterocycles. The predicted octanol–water partition coefficient (Wildman–Crippen LogP) is 2.36. The molecule has 0 radical (unpaired) electrons. The fourth-order valence-corrected chi connectivity index (χ4v) is 1.47. The number of nitrogens with zero attached hydrogens (tertiary/aromatic N) is 2. The van der Waals surface area contributed by atoms with E-state index in [4.69, 9.17) is 10.5 Å². The van der Waals surface area contributed by atoms with Gasteiger partial charge in [-0.1, -0.05) is 16.4 Å². The average molecular weight is 225 g/mol. The first-order chi connectivity index (χ1) is 7.16. The molecule has 6 heteroatoms. The lowest BCUT2D eigenvalue weighted by atomic mass is 10.2. The first-order valence-corrected chi connectivity index (χ1v) is 5.04. The number of ether oxygens (including phenoxy) is 1. The molecule has 1 aromatic carbocycles. The molecule has 0 spiro atoms. The molecule has 78 valence electrons. The van der Waals surface area contributed by atoms with Gasteiger partial charge in [-0.05, 0) is 18.6 Å². The Kier molecular flexibility index (Phi) is 2.51. The second-order valence-corrected chi connectivity index (χ2v) is 3.74. The van der Waals surface area contributed by atoms with Gasteiger partial charge in [0.15, 0.2) is 11.6 Å². The largest absolute Gasteiger partial charge is 0.427 e. The van der Waals surface area contributed by atoms with Crippen molar-refractivity contribution in [3.8, 4) is 10.9 Å². The van der Waals surface area contributed by atoms with E-state index in [9.17, 15) is 4.39 Å². The summed E-state index contributed by atoms with van der Waals surface area (Å²) in [6.07, 6.45) is 0. The third kappa shape index (κ3) is 2.04. The summed E-state index contributed by atoms with van der Waals surface area (Å²) in [5.41, 5.74) is 8.21. The van der Waals surface area contributed by atoms with Gasteiger partial charge in [-0.25, -0.2) is 4.39 Å². The van der Waals surface area contributed by atoms with Crippen LogP contribution in [0, 0.1) is 12.7 Å². The fourth-order valence-electron chi connectivity index (χ4n) is 1.05. The molecule has 0 unspecified atom stereocenters. The van der Waals surface area contributed by atoms with E-state index in [0.29, 0.717) is 10.9 Å². The van der Waals surface area contributed by atoms with E-state index in [1.165, 1.54) is 29.0 Å². The maximum Gasteiger partial charge on any atom is 0.299 e. The van der Waals surface area contributed by atoms with Crippen LogP contribution in [0.5, 0.6) is 10.9 Å². The lowest BCUT2D eigenvalue weighted by Gasteiger charge is -2.06. The van der Waals surface area contributed by atoms with Gasteiger partial charge in [-0.3, -0.25) is 0 Å². The monoisotopic (exact) mass is 225 g/mol. The summed E-state index contributed by atoms with van der Waals surface area (Å²) in [4.78, 5) is 0. The highest BCUT2D eigenvalue weighted by molar-refractivity contribution is 7.11. The van der Waals surface area contributed by atoms with E-state index in [0.717, 1.165) is 5.56 Å². The van der Waals surface area contributed by atoms with Crippen molar-refractivity contribution >= 4 is 17.0 Å². The normalized spacial score (nSPS) is 10.3. The quantitative estimate of drug-likeness (QED) is 0.797. The maximum absolute atomic E-state index is 13.4. The molecule has 15 heavy (non-hydrogen) atoms. The van der Waals surface area contributed by atoms with Crippen LogP contribution in [0.3, 0.4) is 0 Å². The van der Waals surface area contributed by atoms with Gasteiger partial charge in [0.25, 0.3) is 5.19 Å². The molecule has 2 N–H and O–H groups in total. The molecule has 0 aliphatic heterocycles. The van der Waals surface area contributed by atoms with Crippen LogP contribution in [0.1, 0.15) is 5.56 Å². The number of aryl methyl sites for hydroxylation is 1. The molecular weight excluding hydrogens is 217 g/mol. The zero-order valence-electron chi connectivity index (χ0n) is 7.90. The Hall–Kier alpha value is -1.69. The minimum absolute atomic E-state index is 0.110. The van der Waals surface area contributed by atoms with Crippen molar-refractivity contribution < 1.29 is 9.13 Å². The molecule has 4 nitrogen and oxygen atoms in total. The minimum atomic E-state index is -0.506. The van der Waals surface area contributed by atoms with Gasteiger partial charge >= 0.3 is 0 Å². The Labute approximate surface area is 89.5 Å². The van der Waals surface area contributed by atoms with Crippen molar-refractivity contribution in [3.05, 3.63) is 29.0 Å². The van der Waals surface area contributed by atoms with E-state index in [1.807, 2.05) is 0 Å². The van der Waals surface area contributed by atoms with Crippen molar-refractivity contribution in [2.75, 3.05) is 5.73 Å². The number of nitrogen functional groups attached to an aromatic ring is 1. The number of aromatic nitrogens is 2. The number of nitrogens with two attached hydrogens (primary N) is 1. The van der Waals surface area contributed by atoms with Crippen LogP contribution in [-0.2, 0) is 0 Å². The van der Waals surface area contributed by atoms with Gasteiger partial charge in [0.2, 0.25) is 0 Å². The maximum atomic E-state index is 13.4. The molecule has 0 amide bonds. The van der Waals surface area contributed by atoms with Crippen molar-refractivity contribution in [1.82, 2.24) is 10.2 Å². The number of hydrogen-bond donors (Lipinski definition) is 1. The summed E-state index contributed by atoms with van der Waals surface area (Å²) in [7, 11) is 0. The number of anilines is 1. The highest BCUT2D eigenvalue weighted by atomic mass is 32.1. The molecule has 2 aromatic rings. The minimum Gasteiger partial charge on any atom is -0.427 e. The molecule has 1 heterocycles. The second kappa shape index (κ2) is 3.82. The summed E-state index contributed by atoms with van der Waals surface area (Å²) in [5, 5.41) is 7.54. The second-order valence-electron chi connectivity index (χ2n) is 2.95. The highest BCUT2D eigenvalue weighted by Crippen LogP contribution is 2.28. The van der Waals surface area contributed by atoms with E-state index in [1.54, 1.807) is 6.92 Å². The van der Waals surface area contributed by atoms with Gasteiger partial charge in [0.1, 0.15) is 5.51 Å². The molecule has 0 saturated carbocycles. The van der Waals surface area contributed by atoms with Gasteiger partial charge in [-0.2, -0.15) is 0 Å². The zero-order valence-corrected chi connectivity index (χ0v) is 8.71. The highest BCUT2D eigenvalue weighted by Gasteiger charge is 2.09. The van der Waals surface area contributed by atoms with Crippen LogP contribution < -0.4 is 10.5 Å². The molecule has 2 rings (SSSR count). The molecule has 0 aliphatic rings. The summed E-state index contributed by atoms with van der Waals surface area (Å²) >= 11 is 1.19. The molecule has 0 atom stereocenters. The molecular formula is C9H8FN3OS. The van der Waals surface area contributed by atoms with Crippen LogP contribution in [0.4, 0.5) is 10.1 Å². The van der Waals surface area contributed by atoms with Gasteiger partial charge in [0.05, 0.1) is 0 Å². The number of halogens is 1. The summed E-state index contributed by atoms with van der Waals surface area (Å²) < 4.78 is 18.6. The van der Waals surface area contributed by atoms with Crippen LogP contribution in [0.25, 0.3) is 0 Å². The Balaban J connectivity index is 2.33. The Morgan fingerprint density at radius 2 is 2.27 bits per heavy atom. The third-order valence-electron chi connectivity index (χ3n) is 1.86. The van der Waals surface area contributed by atoms with Crippen molar-refractivity contribution in [2.45, 2.75) is 6.92 Å². The Morgan fingerprint density at radius 3 is 2.93 bits per heavy atom. The molecule has 0 fully saturated rings. The lowest BCUT2D eigenvalue weighted by molar-refractivity contribution is 0.435. The molecule has 0 saturated heterocycles. The van der Waals surface area contributed by atoms with Crippen molar-refractivity contribution in [3.63, 3.8) is 0 Å². The van der Waals surface area contributed by atoms with Crippen LogP contribution in [-0.4, -0.2) is 10.2 Å². The average Bonchev–Trinajstić information content (AvgIpc) is 2.67. The topological polar surface area (TPSA) is 61.0 Å². The van der Waals surface area contributed by atoms with Crippen LogP contribution >= 0.6 is 11.3 Å². The fraction of sp³-hybridized carbons (Fsp3) is 0.111. The number of benzene rings is 1. The summed E-state index contributed by atoms with van der Waals surface area (Å²) in [6, 6.07) is 2.76. The van der Waals surface area contributed by atoms with Crippen molar-refractivity contribution in [2.24, 2.45) is 0 Å². The smallest absolute Gasteiger partial charge is 0.299 e. The Bertz CT molecular complexity index is 472. The van der Waals surface area contributed by atoms with Crippen molar-refractivity contribution in [1.29, 1.82) is 0 Å². The van der Waals surface area contributed by atoms with Gasteiger partial charge < -0.3 is 10.5 Å². The van der Waals surface area contributed by atoms with Gasteiger partial charge in [0, 0.05) is 11.8 Å². The predicted molar refractivity (Wildman–Crippen MR) is 55.5 cm³/mol. The number of rotatable bonds is 2. The van der Waals surface area contributed by atoms with E-state index < -0.39 is 5.82 Å². The zero-order chi connectivity index (χ0) is 10.8. The first-order valence-electron chi connectivity index (χ1n) is 4.16. The Morgan fingerprint density at radius 1 is 1.47 bits per heavy atom. The van der Waals surface area contributed by atoms with E-state index >= 15 is 0 Å².